The largest absolute Gasteiger partial charge is 0.493 e. The minimum absolute atomic E-state index is 0.0375. The molecule has 0 saturated heterocycles. The first kappa shape index (κ1) is 38.2. The number of carbonyl (C=O) groups excluding carboxylic acids is 2. The Hall–Kier alpha value is -3.81. The predicted molar refractivity (Wildman–Crippen MR) is 170 cm³/mol. The van der Waals surface area contributed by atoms with E-state index in [0.717, 1.165) is 11.1 Å². The summed E-state index contributed by atoms with van der Waals surface area (Å²) >= 11 is 1.60. The highest BCUT2D eigenvalue weighted by Crippen LogP contribution is 2.33. The lowest BCUT2D eigenvalue weighted by molar-refractivity contribution is -0.159. The van der Waals surface area contributed by atoms with E-state index in [4.69, 9.17) is 36.5 Å². The first-order chi connectivity index (χ1) is 20.7. The van der Waals surface area contributed by atoms with Crippen LogP contribution >= 0.6 is 11.8 Å². The summed E-state index contributed by atoms with van der Waals surface area (Å²) < 4.78 is 45.9. The number of fused-ring (bicyclic) bond motifs is 1. The van der Waals surface area contributed by atoms with Gasteiger partial charge in [0.05, 0.1) is 19.1 Å². The van der Waals surface area contributed by atoms with E-state index in [2.05, 4.69) is 9.71 Å². The Bertz CT molecular complexity index is 1410. The Labute approximate surface area is 263 Å². The third-order valence-corrected chi connectivity index (χ3v) is 8.28. The number of aliphatic imine (C=N–C) groups is 1. The second-order valence-electron chi connectivity index (χ2n) is 10.4. The molecular formula is C28H43N7O7S2. The molecule has 16 heteroatoms. The van der Waals surface area contributed by atoms with Crippen LogP contribution in [0, 0.1) is 10.8 Å². The Kier molecular flexibility index (Phi) is 15.7. The van der Waals surface area contributed by atoms with Crippen molar-refractivity contribution >= 4 is 50.4 Å². The maximum Gasteiger partial charge on any atom is 0.326 e. The number of nitrogens with zero attached hydrogens (tertiary/aromatic N) is 4. The Morgan fingerprint density at radius 1 is 1.07 bits per heavy atom. The molecule has 0 saturated carbocycles. The van der Waals surface area contributed by atoms with Gasteiger partial charge < -0.3 is 30.6 Å². The zero-order valence-electron chi connectivity index (χ0n) is 26.0. The molecule has 0 bridgehead atoms. The second-order valence-corrected chi connectivity index (χ2v) is 13.5. The lowest BCUT2D eigenvalue weighted by Crippen LogP contribution is -2.51. The molecule has 0 radical (unpaired) electrons. The van der Waals surface area contributed by atoms with Gasteiger partial charge in [0.25, 0.3) is 0 Å². The van der Waals surface area contributed by atoms with Crippen molar-refractivity contribution in [3.8, 4) is 11.5 Å². The summed E-state index contributed by atoms with van der Waals surface area (Å²) in [4.78, 5) is 31.7. The van der Waals surface area contributed by atoms with Gasteiger partial charge >= 0.3 is 5.97 Å². The number of rotatable bonds is 16. The number of hydrogen-bond acceptors (Lipinski definition) is 11. The number of nitrogens with two attached hydrogens (primary N) is 2. The number of benzene rings is 2. The van der Waals surface area contributed by atoms with E-state index in [-0.39, 0.29) is 36.9 Å². The summed E-state index contributed by atoms with van der Waals surface area (Å²) in [6.07, 6.45) is 0.411. The SMILES string of the molecule is CCSCCN(CC(=O)OC(C)(C)C)C(=O)[C@H](CCCN=C(N)N)NS(=O)(=O)c1ccc2cc(OC)c(OC)cc2c1.N#N. The fourth-order valence-electron chi connectivity index (χ4n) is 4.05. The number of sulfonamides is 1. The summed E-state index contributed by atoms with van der Waals surface area (Å²) in [6, 6.07) is 6.85. The number of hydrogen-bond donors (Lipinski definition) is 3. The molecule has 44 heavy (non-hydrogen) atoms. The molecule has 14 nitrogen and oxygen atoms in total. The van der Waals surface area contributed by atoms with Crippen LogP contribution in [-0.2, 0) is 24.3 Å². The topological polar surface area (TPSA) is 223 Å². The van der Waals surface area contributed by atoms with Crippen molar-refractivity contribution in [2.24, 2.45) is 16.5 Å². The molecule has 244 valence electrons. The van der Waals surface area contributed by atoms with Crippen molar-refractivity contribution in [1.29, 1.82) is 10.8 Å². The number of carbonyl (C=O) groups is 2. The number of ether oxygens (including phenoxy) is 3. The average molecular weight is 654 g/mol. The van der Waals surface area contributed by atoms with Gasteiger partial charge in [0, 0.05) is 29.6 Å². The van der Waals surface area contributed by atoms with Gasteiger partial charge in [0.1, 0.15) is 18.2 Å². The van der Waals surface area contributed by atoms with E-state index in [0.29, 0.717) is 29.1 Å². The molecule has 2 aromatic carbocycles. The minimum atomic E-state index is -4.18. The van der Waals surface area contributed by atoms with Crippen molar-refractivity contribution in [3.63, 3.8) is 0 Å². The van der Waals surface area contributed by atoms with Crippen LogP contribution in [0.1, 0.15) is 40.5 Å². The van der Waals surface area contributed by atoms with E-state index in [1.807, 2.05) is 6.92 Å². The van der Waals surface area contributed by atoms with E-state index in [1.54, 1.807) is 50.7 Å². The average Bonchev–Trinajstić information content (AvgIpc) is 2.96. The zero-order chi connectivity index (χ0) is 33.5. The van der Waals surface area contributed by atoms with Gasteiger partial charge in [0.2, 0.25) is 15.9 Å². The standard InChI is InChI=1S/C28H43N5O7S2.N2/c1-7-41-14-13-33(18-25(34)40-28(2,3)4)26(35)22(9-8-12-31-27(29)30)32-42(36,37)21-11-10-19-16-23(38-5)24(39-6)17-20(19)15-21;1-2/h10-11,15-17,22,32H,7-9,12-14,18H2,1-6H3,(H4,29,30,31);/t22-;/m0./s1. The van der Waals surface area contributed by atoms with E-state index >= 15 is 0 Å². The maximum atomic E-state index is 13.8. The van der Waals surface area contributed by atoms with Gasteiger partial charge in [-0.25, -0.2) is 8.42 Å². The third-order valence-electron chi connectivity index (χ3n) is 5.93. The molecular weight excluding hydrogens is 610 g/mol. The fraction of sp³-hybridized carbons (Fsp3) is 0.536. The van der Waals surface area contributed by atoms with Crippen LogP contribution in [0.2, 0.25) is 0 Å². The molecule has 0 unspecified atom stereocenters. The lowest BCUT2D eigenvalue weighted by atomic mass is 10.1. The van der Waals surface area contributed by atoms with Crippen LogP contribution < -0.4 is 25.7 Å². The maximum absolute atomic E-state index is 13.8. The van der Waals surface area contributed by atoms with Crippen LogP contribution in [0.4, 0.5) is 0 Å². The Morgan fingerprint density at radius 3 is 2.23 bits per heavy atom. The smallest absolute Gasteiger partial charge is 0.326 e. The van der Waals surface area contributed by atoms with E-state index < -0.39 is 33.5 Å². The van der Waals surface area contributed by atoms with Crippen molar-refractivity contribution in [1.82, 2.24) is 9.62 Å². The second kappa shape index (κ2) is 18.1. The fourth-order valence-corrected chi connectivity index (χ4v) is 5.94. The van der Waals surface area contributed by atoms with Crippen molar-refractivity contribution in [3.05, 3.63) is 30.3 Å². The first-order valence-electron chi connectivity index (χ1n) is 13.7. The predicted octanol–water partition coefficient (Wildman–Crippen LogP) is 2.51. The van der Waals surface area contributed by atoms with Crippen LogP contribution in [-0.4, -0.2) is 88.2 Å². The van der Waals surface area contributed by atoms with Gasteiger partial charge in [-0.15, -0.1) is 0 Å². The summed E-state index contributed by atoms with van der Waals surface area (Å²) in [7, 11) is -1.17. The van der Waals surface area contributed by atoms with Crippen molar-refractivity contribution in [2.45, 2.75) is 57.1 Å². The zero-order valence-corrected chi connectivity index (χ0v) is 27.7. The number of amides is 1. The third kappa shape index (κ3) is 12.4. The van der Waals surface area contributed by atoms with Crippen LogP contribution in [0.15, 0.2) is 40.2 Å². The molecule has 0 spiro atoms. The minimum Gasteiger partial charge on any atom is -0.493 e. The lowest BCUT2D eigenvalue weighted by Gasteiger charge is -2.28. The Morgan fingerprint density at radius 2 is 1.68 bits per heavy atom. The van der Waals surface area contributed by atoms with Crippen LogP contribution in [0.5, 0.6) is 11.5 Å². The van der Waals surface area contributed by atoms with Gasteiger partial charge in [-0.1, -0.05) is 13.0 Å². The number of methoxy groups -OCH3 is 2. The normalized spacial score (nSPS) is 11.9. The number of guanidine groups is 1. The van der Waals surface area contributed by atoms with Gasteiger partial charge in [0.15, 0.2) is 17.5 Å². The van der Waals surface area contributed by atoms with E-state index in [1.165, 1.54) is 31.3 Å². The summed E-state index contributed by atoms with van der Waals surface area (Å²) in [6.45, 7) is 7.31. The van der Waals surface area contributed by atoms with Crippen molar-refractivity contribution in [2.75, 3.05) is 45.4 Å². The molecule has 0 aliphatic heterocycles. The molecule has 1 atom stereocenters. The van der Waals surface area contributed by atoms with Crippen LogP contribution in [0.25, 0.3) is 10.8 Å². The molecule has 1 amide bonds. The van der Waals surface area contributed by atoms with Gasteiger partial charge in [-0.2, -0.15) is 16.5 Å². The van der Waals surface area contributed by atoms with Gasteiger partial charge in [-0.3, -0.25) is 14.6 Å². The monoisotopic (exact) mass is 653 g/mol. The molecule has 0 fully saturated rings. The molecule has 0 aromatic heterocycles. The molecule has 0 aliphatic carbocycles. The highest BCUT2D eigenvalue weighted by molar-refractivity contribution is 7.99. The summed E-state index contributed by atoms with van der Waals surface area (Å²) in [5.41, 5.74) is 10.1. The van der Waals surface area contributed by atoms with Crippen LogP contribution in [0.3, 0.4) is 0 Å². The molecule has 0 heterocycles. The van der Waals surface area contributed by atoms with Crippen molar-refractivity contribution < 1.29 is 32.2 Å². The molecule has 5 N–H and O–H groups in total. The number of esters is 1. The molecule has 0 aliphatic rings. The first-order valence-corrected chi connectivity index (χ1v) is 16.4. The molecule has 2 aromatic rings. The quantitative estimate of drug-likeness (QED) is 0.0781. The highest BCUT2D eigenvalue weighted by Gasteiger charge is 2.31. The molecule has 2 rings (SSSR count). The number of thioether (sulfide) groups is 1. The Balaban J connectivity index is 0.00000474. The number of nitrogens with one attached hydrogen (secondary N) is 1. The summed E-state index contributed by atoms with van der Waals surface area (Å²) in [5, 5.41) is 13.3. The van der Waals surface area contributed by atoms with E-state index in [9.17, 15) is 18.0 Å². The summed E-state index contributed by atoms with van der Waals surface area (Å²) in [5.74, 6) is 1.11. The van der Waals surface area contributed by atoms with Gasteiger partial charge in [-0.05, 0) is 74.4 Å². The highest BCUT2D eigenvalue weighted by atomic mass is 32.2.